The molecule has 5 aromatic rings. The summed E-state index contributed by atoms with van der Waals surface area (Å²) in [4.78, 5) is 29.8. The van der Waals surface area contributed by atoms with E-state index in [9.17, 15) is 25.3 Å². The molecular formula is C28H20N4O7. The van der Waals surface area contributed by atoms with Crippen LogP contribution in [0.1, 0.15) is 18.1 Å². The van der Waals surface area contributed by atoms with E-state index in [1.807, 2.05) is 18.2 Å². The van der Waals surface area contributed by atoms with Gasteiger partial charge >= 0.3 is 5.69 Å². The van der Waals surface area contributed by atoms with Crippen LogP contribution in [0, 0.1) is 20.2 Å². The molecule has 5 rings (SSSR count). The summed E-state index contributed by atoms with van der Waals surface area (Å²) in [7, 11) is 0. The Balaban J connectivity index is 1.34. The highest BCUT2D eigenvalue weighted by Crippen LogP contribution is 2.36. The number of aromatic nitrogens is 1. The molecule has 0 saturated heterocycles. The molecule has 0 spiro atoms. The number of benzene rings is 4. The van der Waals surface area contributed by atoms with Crippen molar-refractivity contribution in [2.75, 3.05) is 0 Å². The van der Waals surface area contributed by atoms with Gasteiger partial charge in [-0.25, -0.2) is 4.98 Å². The average molecular weight is 524 g/mol. The number of nitrogens with zero attached hydrogens (tertiary/aromatic N) is 4. The Bertz CT molecular complexity index is 1740. The second-order valence-corrected chi connectivity index (χ2v) is 8.47. The van der Waals surface area contributed by atoms with Gasteiger partial charge in [-0.1, -0.05) is 13.0 Å². The quantitative estimate of drug-likeness (QED) is 0.128. The van der Waals surface area contributed by atoms with Gasteiger partial charge in [0, 0.05) is 12.3 Å². The number of aromatic hydroxyl groups is 1. The minimum Gasteiger partial charge on any atom is -0.507 e. The van der Waals surface area contributed by atoms with Gasteiger partial charge in [0.2, 0.25) is 11.6 Å². The predicted octanol–water partition coefficient (Wildman–Crippen LogP) is 7.12. The summed E-state index contributed by atoms with van der Waals surface area (Å²) in [5.74, 6) is 0.486. The molecule has 4 aromatic carbocycles. The molecule has 0 aliphatic heterocycles. The van der Waals surface area contributed by atoms with E-state index in [0.717, 1.165) is 24.1 Å². The molecule has 194 valence electrons. The third-order valence-corrected chi connectivity index (χ3v) is 5.89. The van der Waals surface area contributed by atoms with Crippen LogP contribution in [0.5, 0.6) is 17.2 Å². The number of nitro groups is 2. The van der Waals surface area contributed by atoms with Gasteiger partial charge in [0.25, 0.3) is 5.69 Å². The number of aliphatic imine (C=N–C) groups is 1. The number of hydrogen-bond acceptors (Lipinski definition) is 9. The highest BCUT2D eigenvalue weighted by molar-refractivity contribution is 5.83. The predicted molar refractivity (Wildman–Crippen MR) is 144 cm³/mol. The lowest BCUT2D eigenvalue weighted by atomic mass is 10.1. The maximum absolute atomic E-state index is 11.3. The van der Waals surface area contributed by atoms with Crippen LogP contribution in [0.15, 0.2) is 88.3 Å². The maximum Gasteiger partial charge on any atom is 0.318 e. The summed E-state index contributed by atoms with van der Waals surface area (Å²) in [6.07, 6.45) is 2.48. The Morgan fingerprint density at radius 2 is 1.77 bits per heavy atom. The third kappa shape index (κ3) is 5.42. The van der Waals surface area contributed by atoms with Crippen molar-refractivity contribution in [3.8, 4) is 28.7 Å². The fraction of sp³-hybridized carbons (Fsp3) is 0.0714. The minimum atomic E-state index is -0.738. The first-order valence-corrected chi connectivity index (χ1v) is 11.8. The minimum absolute atomic E-state index is 0.0121. The Kier molecular flexibility index (Phi) is 6.70. The van der Waals surface area contributed by atoms with Crippen molar-refractivity contribution in [2.24, 2.45) is 4.99 Å². The Labute approximate surface area is 221 Å². The number of ether oxygens (including phenoxy) is 1. The summed E-state index contributed by atoms with van der Waals surface area (Å²) in [6, 6.07) is 20.4. The standard InChI is InChI=1S/C28H20N4O7/c1-2-17-5-11-26-23(13-17)30-28(39-26)22-14-19(6-10-25(22)33)29-16-18-3-8-21(9-4-18)38-27-12-7-20(31(34)35)15-24(27)32(36)37/h3-16,33H,2H2,1H3. The first-order valence-electron chi connectivity index (χ1n) is 11.8. The summed E-state index contributed by atoms with van der Waals surface area (Å²) >= 11 is 0. The molecule has 0 aliphatic rings. The number of nitro benzene ring substituents is 2. The van der Waals surface area contributed by atoms with E-state index < -0.39 is 21.2 Å². The summed E-state index contributed by atoms with van der Waals surface area (Å²) in [6.45, 7) is 2.06. The van der Waals surface area contributed by atoms with E-state index >= 15 is 0 Å². The first kappa shape index (κ1) is 25.1. The topological polar surface area (TPSA) is 154 Å². The number of fused-ring (bicyclic) bond motifs is 1. The number of phenolic OH excluding ortho intramolecular Hbond substituents is 1. The van der Waals surface area contributed by atoms with Crippen LogP contribution in [-0.2, 0) is 6.42 Å². The fourth-order valence-electron chi connectivity index (χ4n) is 3.83. The number of rotatable bonds is 8. The highest BCUT2D eigenvalue weighted by atomic mass is 16.6. The van der Waals surface area contributed by atoms with Crippen molar-refractivity contribution in [2.45, 2.75) is 13.3 Å². The second-order valence-electron chi connectivity index (χ2n) is 8.47. The number of hydrogen-bond donors (Lipinski definition) is 1. The van der Waals surface area contributed by atoms with Crippen LogP contribution < -0.4 is 4.74 Å². The molecule has 0 saturated carbocycles. The molecule has 0 atom stereocenters. The van der Waals surface area contributed by atoms with Gasteiger partial charge in [0.05, 0.1) is 27.2 Å². The van der Waals surface area contributed by atoms with Gasteiger partial charge in [0.15, 0.2) is 5.58 Å². The van der Waals surface area contributed by atoms with Gasteiger partial charge in [0.1, 0.15) is 17.0 Å². The van der Waals surface area contributed by atoms with Crippen molar-refractivity contribution in [1.29, 1.82) is 0 Å². The van der Waals surface area contributed by atoms with Crippen molar-refractivity contribution in [1.82, 2.24) is 4.98 Å². The van der Waals surface area contributed by atoms with Crippen LogP contribution in [0.3, 0.4) is 0 Å². The van der Waals surface area contributed by atoms with Crippen LogP contribution in [0.2, 0.25) is 0 Å². The third-order valence-electron chi connectivity index (χ3n) is 5.89. The lowest BCUT2D eigenvalue weighted by Gasteiger charge is -2.06. The number of phenols is 1. The molecule has 39 heavy (non-hydrogen) atoms. The van der Waals surface area contributed by atoms with E-state index in [0.29, 0.717) is 33.7 Å². The smallest absolute Gasteiger partial charge is 0.318 e. The molecule has 0 aliphatic carbocycles. The number of oxazole rings is 1. The van der Waals surface area contributed by atoms with Gasteiger partial charge in [-0.2, -0.15) is 0 Å². The molecule has 1 aromatic heterocycles. The van der Waals surface area contributed by atoms with Crippen molar-refractivity contribution < 1.29 is 24.1 Å². The maximum atomic E-state index is 11.3. The van der Waals surface area contributed by atoms with E-state index in [2.05, 4.69) is 16.9 Å². The number of aryl methyl sites for hydroxylation is 1. The second kappa shape index (κ2) is 10.4. The number of non-ortho nitro benzene ring substituents is 1. The zero-order chi connectivity index (χ0) is 27.5. The van der Waals surface area contributed by atoms with Crippen molar-refractivity contribution in [3.63, 3.8) is 0 Å². The average Bonchev–Trinajstić information content (AvgIpc) is 3.36. The molecule has 0 fully saturated rings. The van der Waals surface area contributed by atoms with Gasteiger partial charge in [-0.05, 0) is 78.2 Å². The van der Waals surface area contributed by atoms with E-state index in [1.165, 1.54) is 12.1 Å². The van der Waals surface area contributed by atoms with Crippen LogP contribution in [-0.4, -0.2) is 26.2 Å². The van der Waals surface area contributed by atoms with Gasteiger partial charge in [-0.15, -0.1) is 0 Å². The van der Waals surface area contributed by atoms with Gasteiger partial charge in [-0.3, -0.25) is 25.2 Å². The molecule has 11 nitrogen and oxygen atoms in total. The summed E-state index contributed by atoms with van der Waals surface area (Å²) < 4.78 is 11.4. The zero-order valence-electron chi connectivity index (χ0n) is 20.5. The van der Waals surface area contributed by atoms with E-state index in [1.54, 1.807) is 42.6 Å². The molecule has 0 amide bonds. The lowest BCUT2D eigenvalue weighted by molar-refractivity contribution is -0.394. The molecule has 11 heteroatoms. The first-order chi connectivity index (χ1) is 18.8. The zero-order valence-corrected chi connectivity index (χ0v) is 20.5. The summed E-state index contributed by atoms with van der Waals surface area (Å²) in [5.41, 5.74) is 3.23. The fourth-order valence-corrected chi connectivity index (χ4v) is 3.83. The molecule has 1 heterocycles. The van der Waals surface area contributed by atoms with Crippen LogP contribution in [0.25, 0.3) is 22.6 Å². The molecule has 0 radical (unpaired) electrons. The SMILES string of the molecule is CCc1ccc2oc(-c3cc(N=Cc4ccc(Oc5ccc([N+](=O)[O-])cc5[N+](=O)[O-])cc4)ccc3O)nc2c1. The molecule has 0 unspecified atom stereocenters. The van der Waals surface area contributed by atoms with Crippen LogP contribution in [0.4, 0.5) is 17.1 Å². The largest absolute Gasteiger partial charge is 0.507 e. The lowest BCUT2D eigenvalue weighted by Crippen LogP contribution is -1.96. The van der Waals surface area contributed by atoms with E-state index in [-0.39, 0.29) is 17.4 Å². The molecule has 1 N–H and O–H groups in total. The van der Waals surface area contributed by atoms with Gasteiger partial charge < -0.3 is 14.3 Å². The van der Waals surface area contributed by atoms with Crippen LogP contribution >= 0.6 is 0 Å². The summed E-state index contributed by atoms with van der Waals surface area (Å²) in [5, 5.41) is 32.7. The highest BCUT2D eigenvalue weighted by Gasteiger charge is 2.21. The monoisotopic (exact) mass is 524 g/mol. The normalized spacial score (nSPS) is 11.2. The Morgan fingerprint density at radius 3 is 2.49 bits per heavy atom. The van der Waals surface area contributed by atoms with Crippen molar-refractivity contribution >= 4 is 34.4 Å². The van der Waals surface area contributed by atoms with Crippen molar-refractivity contribution in [3.05, 3.63) is 110 Å². The molecule has 0 bridgehead atoms. The Morgan fingerprint density at radius 1 is 0.974 bits per heavy atom. The van der Waals surface area contributed by atoms with E-state index in [4.69, 9.17) is 9.15 Å². The molecular weight excluding hydrogens is 504 g/mol. The Hall–Kier alpha value is -5.58.